The minimum Gasteiger partial charge on any atom is -0.491 e. The zero-order valence-electron chi connectivity index (χ0n) is 17.0. The topological polar surface area (TPSA) is 78.8 Å². The molecule has 3 aromatic rings. The Bertz CT molecular complexity index is 998. The number of carbonyl (C=O) groups excluding carboxylic acids is 2. The van der Waals surface area contributed by atoms with E-state index in [0.29, 0.717) is 42.5 Å². The highest BCUT2D eigenvalue weighted by atomic mass is 16.5. The van der Waals surface area contributed by atoms with Crippen molar-refractivity contribution in [2.24, 2.45) is 0 Å². The maximum Gasteiger partial charge on any atom is 0.354 e. The molecule has 7 heteroatoms. The Morgan fingerprint density at radius 2 is 1.77 bits per heavy atom. The van der Waals surface area contributed by atoms with Crippen LogP contribution in [-0.2, 0) is 16.0 Å². The second-order valence-corrected chi connectivity index (χ2v) is 6.54. The van der Waals surface area contributed by atoms with E-state index in [2.05, 4.69) is 5.32 Å². The SMILES string of the molecule is COCCOc1cccc(C(=O)Nc2cc(C(=O)OC)n(Cc3ccccc3)c2)c1. The van der Waals surface area contributed by atoms with Crippen molar-refractivity contribution in [3.8, 4) is 5.75 Å². The van der Waals surface area contributed by atoms with Crippen LogP contribution in [0.15, 0.2) is 66.9 Å². The molecule has 1 aromatic heterocycles. The van der Waals surface area contributed by atoms with E-state index in [1.165, 1.54) is 7.11 Å². The minimum atomic E-state index is -0.472. The fourth-order valence-corrected chi connectivity index (χ4v) is 2.94. The summed E-state index contributed by atoms with van der Waals surface area (Å²) in [6, 6.07) is 18.2. The molecular weight excluding hydrogens is 384 g/mol. The van der Waals surface area contributed by atoms with Crippen LogP contribution in [0.4, 0.5) is 5.69 Å². The van der Waals surface area contributed by atoms with E-state index in [-0.39, 0.29) is 5.91 Å². The largest absolute Gasteiger partial charge is 0.491 e. The van der Waals surface area contributed by atoms with Crippen molar-refractivity contribution in [3.05, 3.63) is 83.7 Å². The van der Waals surface area contributed by atoms with E-state index in [4.69, 9.17) is 14.2 Å². The Labute approximate surface area is 175 Å². The van der Waals surface area contributed by atoms with Crippen molar-refractivity contribution < 1.29 is 23.8 Å². The summed E-state index contributed by atoms with van der Waals surface area (Å²) in [5.74, 6) is -0.197. The molecule has 0 unspecified atom stereocenters. The summed E-state index contributed by atoms with van der Waals surface area (Å²) in [7, 11) is 2.93. The molecule has 1 heterocycles. The summed E-state index contributed by atoms with van der Waals surface area (Å²) in [6.07, 6.45) is 1.72. The number of hydrogen-bond acceptors (Lipinski definition) is 5. The molecule has 0 fully saturated rings. The predicted molar refractivity (Wildman–Crippen MR) is 113 cm³/mol. The number of anilines is 1. The number of nitrogens with one attached hydrogen (secondary N) is 1. The molecule has 0 bridgehead atoms. The van der Waals surface area contributed by atoms with Crippen molar-refractivity contribution in [2.45, 2.75) is 6.54 Å². The number of aromatic nitrogens is 1. The highest BCUT2D eigenvalue weighted by Crippen LogP contribution is 2.19. The first-order chi connectivity index (χ1) is 14.6. The molecule has 0 aliphatic rings. The second-order valence-electron chi connectivity index (χ2n) is 6.54. The van der Waals surface area contributed by atoms with Gasteiger partial charge in [-0.1, -0.05) is 36.4 Å². The lowest BCUT2D eigenvalue weighted by Crippen LogP contribution is -2.12. The molecule has 1 N–H and O–H groups in total. The molecule has 0 atom stereocenters. The lowest BCUT2D eigenvalue weighted by molar-refractivity contribution is 0.0589. The summed E-state index contributed by atoms with van der Waals surface area (Å²) < 4.78 is 17.1. The highest BCUT2D eigenvalue weighted by Gasteiger charge is 2.16. The first kappa shape index (κ1) is 21.1. The van der Waals surface area contributed by atoms with Crippen LogP contribution in [0.2, 0.25) is 0 Å². The van der Waals surface area contributed by atoms with Gasteiger partial charge in [0.05, 0.1) is 19.4 Å². The van der Waals surface area contributed by atoms with Crippen molar-refractivity contribution >= 4 is 17.6 Å². The van der Waals surface area contributed by atoms with Crippen molar-refractivity contribution in [1.82, 2.24) is 4.57 Å². The molecule has 2 aromatic carbocycles. The number of nitrogens with zero attached hydrogens (tertiary/aromatic N) is 1. The van der Waals surface area contributed by atoms with E-state index < -0.39 is 5.97 Å². The fourth-order valence-electron chi connectivity index (χ4n) is 2.94. The number of rotatable bonds is 9. The molecular formula is C23H24N2O5. The van der Waals surface area contributed by atoms with Gasteiger partial charge in [0.25, 0.3) is 5.91 Å². The van der Waals surface area contributed by atoms with E-state index in [1.807, 2.05) is 30.3 Å². The van der Waals surface area contributed by atoms with Gasteiger partial charge in [-0.2, -0.15) is 0 Å². The van der Waals surface area contributed by atoms with Crippen molar-refractivity contribution in [2.75, 3.05) is 32.8 Å². The maximum atomic E-state index is 12.7. The van der Waals surface area contributed by atoms with E-state index in [9.17, 15) is 9.59 Å². The van der Waals surface area contributed by atoms with Crippen LogP contribution < -0.4 is 10.1 Å². The summed E-state index contributed by atoms with van der Waals surface area (Å²) in [6.45, 7) is 1.33. The molecule has 156 valence electrons. The highest BCUT2D eigenvalue weighted by molar-refractivity contribution is 6.05. The Kier molecular flexibility index (Phi) is 7.24. The molecule has 0 radical (unpaired) electrons. The molecule has 0 saturated heterocycles. The normalized spacial score (nSPS) is 10.5. The van der Waals surface area contributed by atoms with Crippen molar-refractivity contribution in [1.29, 1.82) is 0 Å². The molecule has 3 rings (SSSR count). The Hall–Kier alpha value is -3.58. The van der Waals surface area contributed by atoms with E-state index in [0.717, 1.165) is 5.56 Å². The number of amides is 1. The Morgan fingerprint density at radius 1 is 0.967 bits per heavy atom. The maximum absolute atomic E-state index is 12.7. The van der Waals surface area contributed by atoms with Gasteiger partial charge in [-0.05, 0) is 29.8 Å². The van der Waals surface area contributed by atoms with Crippen LogP contribution in [0, 0.1) is 0 Å². The van der Waals surface area contributed by atoms with Gasteiger partial charge in [0.15, 0.2) is 0 Å². The third kappa shape index (κ3) is 5.48. The summed E-state index contributed by atoms with van der Waals surface area (Å²) in [5.41, 5.74) is 2.33. The zero-order valence-corrected chi connectivity index (χ0v) is 17.0. The molecule has 0 aliphatic carbocycles. The predicted octanol–water partition coefficient (Wildman–Crippen LogP) is 3.60. The Balaban J connectivity index is 1.76. The quantitative estimate of drug-likeness (QED) is 0.432. The van der Waals surface area contributed by atoms with Crippen LogP contribution in [0.1, 0.15) is 26.4 Å². The second kappa shape index (κ2) is 10.3. The summed E-state index contributed by atoms with van der Waals surface area (Å²) >= 11 is 0. The molecule has 1 amide bonds. The third-order valence-electron chi connectivity index (χ3n) is 4.40. The van der Waals surface area contributed by atoms with Gasteiger partial charge in [-0.3, -0.25) is 4.79 Å². The van der Waals surface area contributed by atoms with Gasteiger partial charge in [-0.15, -0.1) is 0 Å². The van der Waals surface area contributed by atoms with Crippen molar-refractivity contribution in [3.63, 3.8) is 0 Å². The van der Waals surface area contributed by atoms with Gasteiger partial charge in [0.2, 0.25) is 0 Å². The van der Waals surface area contributed by atoms with Crippen LogP contribution in [0.25, 0.3) is 0 Å². The molecule has 0 spiro atoms. The number of esters is 1. The van der Waals surface area contributed by atoms with Gasteiger partial charge in [0, 0.05) is 25.4 Å². The lowest BCUT2D eigenvalue weighted by atomic mass is 10.2. The average Bonchev–Trinajstić information content (AvgIpc) is 3.16. The van der Waals surface area contributed by atoms with Gasteiger partial charge >= 0.3 is 5.97 Å². The van der Waals surface area contributed by atoms with E-state index in [1.54, 1.807) is 48.2 Å². The van der Waals surface area contributed by atoms with Gasteiger partial charge in [0.1, 0.15) is 18.1 Å². The standard InChI is InChI=1S/C23H24N2O5/c1-28-11-12-30-20-10-6-9-18(13-20)22(26)24-19-14-21(23(27)29-2)25(16-19)15-17-7-4-3-5-8-17/h3-10,13-14,16H,11-12,15H2,1-2H3,(H,24,26). The zero-order chi connectivity index (χ0) is 21.3. The number of carbonyl (C=O) groups is 2. The lowest BCUT2D eigenvalue weighted by Gasteiger charge is -2.08. The number of benzene rings is 2. The average molecular weight is 408 g/mol. The third-order valence-corrected chi connectivity index (χ3v) is 4.40. The Morgan fingerprint density at radius 3 is 2.50 bits per heavy atom. The van der Waals surface area contributed by atoms with Crippen LogP contribution >= 0.6 is 0 Å². The van der Waals surface area contributed by atoms with Gasteiger partial charge < -0.3 is 24.1 Å². The first-order valence-corrected chi connectivity index (χ1v) is 9.46. The van der Waals surface area contributed by atoms with Crippen LogP contribution in [0.3, 0.4) is 0 Å². The number of methoxy groups -OCH3 is 2. The molecule has 0 saturated carbocycles. The summed E-state index contributed by atoms with van der Waals surface area (Å²) in [5, 5.41) is 2.83. The first-order valence-electron chi connectivity index (χ1n) is 9.46. The smallest absolute Gasteiger partial charge is 0.354 e. The number of hydrogen-bond donors (Lipinski definition) is 1. The molecule has 0 aliphatic heterocycles. The van der Waals surface area contributed by atoms with Crippen LogP contribution in [0.5, 0.6) is 5.75 Å². The monoisotopic (exact) mass is 408 g/mol. The minimum absolute atomic E-state index is 0.305. The van der Waals surface area contributed by atoms with Crippen LogP contribution in [-0.4, -0.2) is 43.9 Å². The van der Waals surface area contributed by atoms with E-state index >= 15 is 0 Å². The van der Waals surface area contributed by atoms with Gasteiger partial charge in [-0.25, -0.2) is 4.79 Å². The summed E-state index contributed by atoms with van der Waals surface area (Å²) in [4.78, 5) is 24.9. The molecule has 30 heavy (non-hydrogen) atoms. The number of ether oxygens (including phenoxy) is 3. The fraction of sp³-hybridized carbons (Fsp3) is 0.217. The molecule has 7 nitrogen and oxygen atoms in total.